The molecule has 1 heterocycles. The van der Waals surface area contributed by atoms with E-state index < -0.39 is 6.10 Å². The lowest BCUT2D eigenvalue weighted by molar-refractivity contribution is 0.0813. The third-order valence-corrected chi connectivity index (χ3v) is 4.06. The van der Waals surface area contributed by atoms with Gasteiger partial charge < -0.3 is 9.84 Å². The highest BCUT2D eigenvalue weighted by Gasteiger charge is 2.18. The molecule has 100 valence electrons. The van der Waals surface area contributed by atoms with Gasteiger partial charge >= 0.3 is 0 Å². The lowest BCUT2D eigenvalue weighted by atomic mass is 10.0. The van der Waals surface area contributed by atoms with E-state index in [-0.39, 0.29) is 0 Å². The van der Waals surface area contributed by atoms with E-state index in [1.807, 2.05) is 6.07 Å². The fraction of sp³-hybridized carbons (Fsp3) is 0.571. The van der Waals surface area contributed by atoms with Crippen molar-refractivity contribution in [1.82, 2.24) is 0 Å². The maximum Gasteiger partial charge on any atom is 0.0582 e. The van der Waals surface area contributed by atoms with Crippen LogP contribution in [0.2, 0.25) is 10.0 Å². The number of aliphatic hydroxyl groups excluding tert-OH is 1. The highest BCUT2D eigenvalue weighted by atomic mass is 35.5. The molecule has 1 aromatic carbocycles. The molecule has 18 heavy (non-hydrogen) atoms. The standard InChI is InChI=1S/C14H18Cl2O2/c15-13-4-1-5-14(16)12(13)9-10(17)6-7-11-3-2-8-18-11/h1,4-5,10-11,17H,2-3,6-9H2. The van der Waals surface area contributed by atoms with Gasteiger partial charge in [-0.1, -0.05) is 29.3 Å². The molecule has 0 spiro atoms. The number of aliphatic hydroxyl groups is 1. The molecule has 0 amide bonds. The molecule has 2 atom stereocenters. The van der Waals surface area contributed by atoms with Gasteiger partial charge in [-0.05, 0) is 43.4 Å². The minimum absolute atomic E-state index is 0.321. The van der Waals surface area contributed by atoms with Crippen molar-refractivity contribution in [1.29, 1.82) is 0 Å². The van der Waals surface area contributed by atoms with Crippen LogP contribution in [0.3, 0.4) is 0 Å². The van der Waals surface area contributed by atoms with Crippen LogP contribution in [0, 0.1) is 0 Å². The Bertz CT molecular complexity index is 369. The van der Waals surface area contributed by atoms with Gasteiger partial charge in [-0.25, -0.2) is 0 Å². The Kier molecular flexibility index (Phi) is 5.31. The Morgan fingerprint density at radius 1 is 1.33 bits per heavy atom. The van der Waals surface area contributed by atoms with Crippen molar-refractivity contribution in [3.63, 3.8) is 0 Å². The van der Waals surface area contributed by atoms with E-state index in [1.165, 1.54) is 0 Å². The normalized spacial score (nSPS) is 21.2. The zero-order chi connectivity index (χ0) is 13.0. The molecule has 0 aromatic heterocycles. The van der Waals surface area contributed by atoms with Gasteiger partial charge in [0.2, 0.25) is 0 Å². The molecule has 1 aliphatic rings. The number of benzene rings is 1. The van der Waals surface area contributed by atoms with E-state index in [0.29, 0.717) is 22.6 Å². The van der Waals surface area contributed by atoms with E-state index >= 15 is 0 Å². The summed E-state index contributed by atoms with van der Waals surface area (Å²) in [7, 11) is 0. The maximum absolute atomic E-state index is 10.0. The van der Waals surface area contributed by atoms with Crippen molar-refractivity contribution < 1.29 is 9.84 Å². The molecule has 2 unspecified atom stereocenters. The van der Waals surface area contributed by atoms with Crippen LogP contribution in [0.5, 0.6) is 0 Å². The van der Waals surface area contributed by atoms with Gasteiger partial charge in [0.1, 0.15) is 0 Å². The van der Waals surface area contributed by atoms with E-state index in [9.17, 15) is 5.11 Å². The van der Waals surface area contributed by atoms with Gasteiger partial charge in [0.15, 0.2) is 0 Å². The number of hydrogen-bond acceptors (Lipinski definition) is 2. The van der Waals surface area contributed by atoms with Crippen molar-refractivity contribution in [3.05, 3.63) is 33.8 Å². The molecule has 1 aromatic rings. The van der Waals surface area contributed by atoms with Crippen LogP contribution < -0.4 is 0 Å². The van der Waals surface area contributed by atoms with Crippen molar-refractivity contribution in [2.75, 3.05) is 6.61 Å². The largest absolute Gasteiger partial charge is 0.393 e. The topological polar surface area (TPSA) is 29.5 Å². The van der Waals surface area contributed by atoms with E-state index in [0.717, 1.165) is 37.9 Å². The fourth-order valence-corrected chi connectivity index (χ4v) is 2.87. The predicted octanol–water partition coefficient (Wildman–Crippen LogP) is 3.86. The third-order valence-electron chi connectivity index (χ3n) is 3.35. The maximum atomic E-state index is 10.0. The Labute approximate surface area is 118 Å². The first-order chi connectivity index (χ1) is 8.66. The first-order valence-electron chi connectivity index (χ1n) is 6.39. The Hall–Kier alpha value is -0.280. The minimum atomic E-state index is -0.411. The van der Waals surface area contributed by atoms with E-state index in [2.05, 4.69) is 0 Å². The van der Waals surface area contributed by atoms with Crippen LogP contribution >= 0.6 is 23.2 Å². The highest BCUT2D eigenvalue weighted by Crippen LogP contribution is 2.27. The van der Waals surface area contributed by atoms with Gasteiger partial charge in [-0.3, -0.25) is 0 Å². The second-order valence-corrected chi connectivity index (χ2v) is 5.58. The number of rotatable bonds is 5. The van der Waals surface area contributed by atoms with Gasteiger partial charge in [0, 0.05) is 23.1 Å². The summed E-state index contributed by atoms with van der Waals surface area (Å²) in [5, 5.41) is 11.3. The molecule has 0 bridgehead atoms. The Morgan fingerprint density at radius 2 is 2.06 bits per heavy atom. The number of hydrogen-bond donors (Lipinski definition) is 1. The molecule has 0 saturated carbocycles. The number of ether oxygens (including phenoxy) is 1. The van der Waals surface area contributed by atoms with Gasteiger partial charge in [-0.15, -0.1) is 0 Å². The summed E-state index contributed by atoms with van der Waals surface area (Å²) in [6.45, 7) is 0.858. The molecule has 1 saturated heterocycles. The molecule has 0 aliphatic carbocycles. The second-order valence-electron chi connectivity index (χ2n) is 4.77. The molecule has 4 heteroatoms. The summed E-state index contributed by atoms with van der Waals surface area (Å²) in [4.78, 5) is 0. The quantitative estimate of drug-likeness (QED) is 0.892. The minimum Gasteiger partial charge on any atom is -0.393 e. The average molecular weight is 289 g/mol. The SMILES string of the molecule is OC(CCC1CCCO1)Cc1c(Cl)cccc1Cl. The molecule has 2 nitrogen and oxygen atoms in total. The van der Waals surface area contributed by atoms with Crippen LogP contribution in [-0.4, -0.2) is 23.9 Å². The highest BCUT2D eigenvalue weighted by molar-refractivity contribution is 6.35. The first kappa shape index (κ1) is 14.1. The molecular formula is C14H18Cl2O2. The molecule has 1 fully saturated rings. The summed E-state index contributed by atoms with van der Waals surface area (Å²) < 4.78 is 5.54. The third kappa shape index (κ3) is 3.86. The zero-order valence-electron chi connectivity index (χ0n) is 10.2. The average Bonchev–Trinajstić information content (AvgIpc) is 2.84. The Morgan fingerprint density at radius 3 is 2.67 bits per heavy atom. The summed E-state index contributed by atoms with van der Waals surface area (Å²) in [5.41, 5.74) is 0.834. The number of halogens is 2. The van der Waals surface area contributed by atoms with Gasteiger partial charge in [0.05, 0.1) is 12.2 Å². The predicted molar refractivity (Wildman–Crippen MR) is 74.4 cm³/mol. The molecule has 1 aliphatic heterocycles. The van der Waals surface area contributed by atoms with Gasteiger partial charge in [0.25, 0.3) is 0 Å². The summed E-state index contributed by atoms with van der Waals surface area (Å²) in [5.74, 6) is 0. The van der Waals surface area contributed by atoms with E-state index in [4.69, 9.17) is 27.9 Å². The first-order valence-corrected chi connectivity index (χ1v) is 7.15. The van der Waals surface area contributed by atoms with Crippen molar-refractivity contribution >= 4 is 23.2 Å². The summed E-state index contributed by atoms with van der Waals surface area (Å²) in [6.07, 6.45) is 4.30. The smallest absolute Gasteiger partial charge is 0.0582 e. The Balaban J connectivity index is 1.84. The van der Waals surface area contributed by atoms with Crippen molar-refractivity contribution in [2.45, 2.75) is 44.3 Å². The zero-order valence-corrected chi connectivity index (χ0v) is 11.8. The lowest BCUT2D eigenvalue weighted by Crippen LogP contribution is -2.15. The molecule has 1 N–H and O–H groups in total. The summed E-state index contributed by atoms with van der Waals surface area (Å²) in [6, 6.07) is 5.41. The van der Waals surface area contributed by atoms with Gasteiger partial charge in [-0.2, -0.15) is 0 Å². The lowest BCUT2D eigenvalue weighted by Gasteiger charge is -2.15. The second kappa shape index (κ2) is 6.76. The summed E-state index contributed by atoms with van der Waals surface area (Å²) >= 11 is 12.2. The van der Waals surface area contributed by atoms with Crippen molar-refractivity contribution in [2.24, 2.45) is 0 Å². The molecular weight excluding hydrogens is 271 g/mol. The van der Waals surface area contributed by atoms with Crippen LogP contribution in [0.25, 0.3) is 0 Å². The molecule has 2 rings (SSSR count). The van der Waals surface area contributed by atoms with Crippen LogP contribution in [0.4, 0.5) is 0 Å². The molecule has 0 radical (unpaired) electrons. The van der Waals surface area contributed by atoms with Crippen LogP contribution in [-0.2, 0) is 11.2 Å². The van der Waals surface area contributed by atoms with Crippen molar-refractivity contribution in [3.8, 4) is 0 Å². The monoisotopic (exact) mass is 288 g/mol. The fourth-order valence-electron chi connectivity index (χ4n) is 2.32. The van der Waals surface area contributed by atoms with E-state index in [1.54, 1.807) is 12.1 Å². The van der Waals surface area contributed by atoms with Crippen LogP contribution in [0.1, 0.15) is 31.2 Å². The van der Waals surface area contributed by atoms with Crippen LogP contribution in [0.15, 0.2) is 18.2 Å².